The standard InChI is InChI=1S/C35H23NO2/c37-35-31(23-32-29-14-6-4-10-25(29)19-22-34(32)38-35)26-17-20-28(21-18-26)36(27-12-2-1-3-13-27)33-16-8-11-24-9-5-7-15-30(24)33/h1-23H. The molecule has 3 nitrogen and oxygen atoms in total. The van der Waals surface area contributed by atoms with E-state index in [9.17, 15) is 4.79 Å². The fraction of sp³-hybridized carbons (Fsp3) is 0. The Kier molecular flexibility index (Phi) is 5.26. The molecule has 3 heteroatoms. The van der Waals surface area contributed by atoms with Crippen molar-refractivity contribution in [2.45, 2.75) is 0 Å². The van der Waals surface area contributed by atoms with Crippen molar-refractivity contribution < 1.29 is 4.42 Å². The third kappa shape index (κ3) is 3.73. The van der Waals surface area contributed by atoms with E-state index in [1.54, 1.807) is 0 Å². The predicted octanol–water partition coefficient (Wildman–Crippen LogP) is 9.24. The molecule has 6 aromatic carbocycles. The highest BCUT2D eigenvalue weighted by molar-refractivity contribution is 6.06. The van der Waals surface area contributed by atoms with Crippen molar-refractivity contribution in [1.82, 2.24) is 0 Å². The third-order valence-corrected chi connectivity index (χ3v) is 7.10. The number of hydrogen-bond acceptors (Lipinski definition) is 3. The normalized spacial score (nSPS) is 11.3. The van der Waals surface area contributed by atoms with Crippen molar-refractivity contribution in [1.29, 1.82) is 0 Å². The lowest BCUT2D eigenvalue weighted by atomic mass is 10.0. The van der Waals surface area contributed by atoms with Crippen LogP contribution in [0.5, 0.6) is 0 Å². The Balaban J connectivity index is 1.37. The Morgan fingerprint density at radius 1 is 0.500 bits per heavy atom. The van der Waals surface area contributed by atoms with E-state index in [2.05, 4.69) is 83.8 Å². The van der Waals surface area contributed by atoms with E-state index >= 15 is 0 Å². The molecule has 0 radical (unpaired) electrons. The summed E-state index contributed by atoms with van der Waals surface area (Å²) in [6, 6.07) is 47.2. The zero-order valence-electron chi connectivity index (χ0n) is 20.5. The Morgan fingerprint density at radius 2 is 1.13 bits per heavy atom. The van der Waals surface area contributed by atoms with Gasteiger partial charge in [-0.15, -0.1) is 0 Å². The van der Waals surface area contributed by atoms with Crippen molar-refractivity contribution in [3.8, 4) is 11.1 Å². The minimum absolute atomic E-state index is 0.338. The van der Waals surface area contributed by atoms with Crippen LogP contribution in [-0.2, 0) is 0 Å². The van der Waals surface area contributed by atoms with E-state index in [0.717, 1.165) is 38.8 Å². The monoisotopic (exact) mass is 489 g/mol. The molecular weight excluding hydrogens is 466 g/mol. The summed E-state index contributed by atoms with van der Waals surface area (Å²) in [6.07, 6.45) is 0. The van der Waals surface area contributed by atoms with E-state index in [-0.39, 0.29) is 5.63 Å². The second kappa shape index (κ2) is 9.06. The molecule has 0 N–H and O–H groups in total. The summed E-state index contributed by atoms with van der Waals surface area (Å²) in [5.74, 6) is 0. The minimum atomic E-state index is -0.338. The number of rotatable bonds is 4. The predicted molar refractivity (Wildman–Crippen MR) is 158 cm³/mol. The van der Waals surface area contributed by atoms with Crippen LogP contribution in [0.2, 0.25) is 0 Å². The smallest absolute Gasteiger partial charge is 0.344 e. The van der Waals surface area contributed by atoms with Gasteiger partial charge in [0.2, 0.25) is 0 Å². The third-order valence-electron chi connectivity index (χ3n) is 7.10. The number of hydrogen-bond donors (Lipinski definition) is 0. The SMILES string of the molecule is O=c1oc2ccc3ccccc3c2cc1-c1ccc(N(c2ccccc2)c2cccc3ccccc23)cc1. The molecule has 1 aromatic heterocycles. The van der Waals surface area contributed by atoms with Gasteiger partial charge in [0.25, 0.3) is 0 Å². The quantitative estimate of drug-likeness (QED) is 0.182. The molecule has 180 valence electrons. The van der Waals surface area contributed by atoms with Crippen LogP contribution in [0, 0.1) is 0 Å². The van der Waals surface area contributed by atoms with Gasteiger partial charge in [0.05, 0.1) is 11.3 Å². The van der Waals surface area contributed by atoms with Crippen LogP contribution in [0.25, 0.3) is 43.6 Å². The van der Waals surface area contributed by atoms with Gasteiger partial charge < -0.3 is 9.32 Å². The molecule has 0 aliphatic heterocycles. The largest absolute Gasteiger partial charge is 0.422 e. The molecule has 0 amide bonds. The van der Waals surface area contributed by atoms with Gasteiger partial charge in [-0.05, 0) is 64.2 Å². The average Bonchev–Trinajstić information content (AvgIpc) is 2.98. The topological polar surface area (TPSA) is 33.5 Å². The maximum Gasteiger partial charge on any atom is 0.344 e. The highest BCUT2D eigenvalue weighted by Crippen LogP contribution is 2.39. The molecule has 0 bridgehead atoms. The maximum atomic E-state index is 13.0. The average molecular weight is 490 g/mol. The molecule has 0 unspecified atom stereocenters. The Bertz CT molecular complexity index is 1980. The second-order valence-corrected chi connectivity index (χ2v) is 9.36. The number of nitrogens with zero attached hydrogens (tertiary/aromatic N) is 1. The maximum absolute atomic E-state index is 13.0. The molecule has 7 aromatic rings. The summed E-state index contributed by atoms with van der Waals surface area (Å²) in [4.78, 5) is 15.3. The summed E-state index contributed by atoms with van der Waals surface area (Å²) < 4.78 is 5.75. The van der Waals surface area contributed by atoms with Gasteiger partial charge in [-0.25, -0.2) is 4.79 Å². The summed E-state index contributed by atoms with van der Waals surface area (Å²) in [5.41, 5.74) is 4.80. The molecule has 0 spiro atoms. The summed E-state index contributed by atoms with van der Waals surface area (Å²) >= 11 is 0. The zero-order chi connectivity index (χ0) is 25.5. The van der Waals surface area contributed by atoms with Gasteiger partial charge in [0.15, 0.2) is 0 Å². The minimum Gasteiger partial charge on any atom is -0.422 e. The molecule has 0 aliphatic rings. The number of para-hydroxylation sites is 1. The first-order chi connectivity index (χ1) is 18.8. The van der Waals surface area contributed by atoms with Gasteiger partial charge in [-0.2, -0.15) is 0 Å². The fourth-order valence-electron chi connectivity index (χ4n) is 5.27. The molecule has 0 atom stereocenters. The highest BCUT2D eigenvalue weighted by Gasteiger charge is 2.16. The molecule has 0 saturated carbocycles. The molecule has 0 aliphatic carbocycles. The van der Waals surface area contributed by atoms with Gasteiger partial charge in [-0.3, -0.25) is 0 Å². The van der Waals surface area contributed by atoms with Crippen LogP contribution in [0.4, 0.5) is 17.1 Å². The number of fused-ring (bicyclic) bond motifs is 4. The van der Waals surface area contributed by atoms with Gasteiger partial charge in [0.1, 0.15) is 5.58 Å². The van der Waals surface area contributed by atoms with E-state index < -0.39 is 0 Å². The van der Waals surface area contributed by atoms with E-state index in [1.165, 1.54) is 10.8 Å². The van der Waals surface area contributed by atoms with Gasteiger partial charge in [0, 0.05) is 22.1 Å². The van der Waals surface area contributed by atoms with Crippen LogP contribution in [-0.4, -0.2) is 0 Å². The molecule has 0 fully saturated rings. The first-order valence-electron chi connectivity index (χ1n) is 12.7. The van der Waals surface area contributed by atoms with Crippen molar-refractivity contribution in [2.75, 3.05) is 4.90 Å². The molecular formula is C35H23NO2. The lowest BCUT2D eigenvalue weighted by Gasteiger charge is -2.27. The lowest BCUT2D eigenvalue weighted by molar-refractivity contribution is 0.564. The van der Waals surface area contributed by atoms with E-state index in [4.69, 9.17) is 4.42 Å². The van der Waals surface area contributed by atoms with Crippen LogP contribution in [0.3, 0.4) is 0 Å². The number of anilines is 3. The molecule has 1 heterocycles. The fourth-order valence-corrected chi connectivity index (χ4v) is 5.27. The lowest BCUT2D eigenvalue weighted by Crippen LogP contribution is -2.10. The highest BCUT2D eigenvalue weighted by atomic mass is 16.4. The van der Waals surface area contributed by atoms with Gasteiger partial charge >= 0.3 is 5.63 Å². The van der Waals surface area contributed by atoms with Crippen molar-refractivity contribution in [3.63, 3.8) is 0 Å². The molecule has 38 heavy (non-hydrogen) atoms. The first-order valence-corrected chi connectivity index (χ1v) is 12.7. The first kappa shape index (κ1) is 22.1. The zero-order valence-corrected chi connectivity index (χ0v) is 20.5. The van der Waals surface area contributed by atoms with Crippen LogP contribution >= 0.6 is 0 Å². The van der Waals surface area contributed by atoms with Crippen LogP contribution in [0.15, 0.2) is 149 Å². The summed E-state index contributed by atoms with van der Waals surface area (Å²) in [7, 11) is 0. The summed E-state index contributed by atoms with van der Waals surface area (Å²) in [5, 5.41) is 5.47. The van der Waals surface area contributed by atoms with Crippen LogP contribution in [0.1, 0.15) is 0 Å². The molecule has 7 rings (SSSR count). The Labute approximate surface area is 219 Å². The van der Waals surface area contributed by atoms with Gasteiger partial charge in [-0.1, -0.05) is 97.1 Å². The summed E-state index contributed by atoms with van der Waals surface area (Å²) in [6.45, 7) is 0. The second-order valence-electron chi connectivity index (χ2n) is 9.36. The van der Waals surface area contributed by atoms with E-state index in [1.807, 2.05) is 60.7 Å². The molecule has 0 saturated heterocycles. The van der Waals surface area contributed by atoms with Crippen molar-refractivity contribution >= 4 is 49.6 Å². The number of benzene rings is 6. The Morgan fingerprint density at radius 3 is 1.92 bits per heavy atom. The van der Waals surface area contributed by atoms with Crippen LogP contribution < -0.4 is 10.5 Å². The van der Waals surface area contributed by atoms with E-state index in [0.29, 0.717) is 11.1 Å². The van der Waals surface area contributed by atoms with Crippen molar-refractivity contribution in [2.24, 2.45) is 0 Å². The van der Waals surface area contributed by atoms with Crippen molar-refractivity contribution in [3.05, 3.63) is 150 Å². The Hall–Kier alpha value is -5.15.